The average molecular weight is 143 g/mol. The van der Waals surface area contributed by atoms with E-state index in [1.165, 1.54) is 19.3 Å². The van der Waals surface area contributed by atoms with Crippen LogP contribution in [0, 0.1) is 6.42 Å². The lowest BCUT2D eigenvalue weighted by Gasteiger charge is -2.08. The lowest BCUT2D eigenvalue weighted by atomic mass is 10.2. The molecule has 0 saturated carbocycles. The van der Waals surface area contributed by atoms with Crippen LogP contribution in [0.25, 0.3) is 0 Å². The first-order valence-electron chi connectivity index (χ1n) is 4.22. The lowest BCUT2D eigenvalue weighted by Crippen LogP contribution is -2.07. The van der Waals surface area contributed by atoms with Crippen LogP contribution in [-0.2, 0) is 4.74 Å². The van der Waals surface area contributed by atoms with Crippen molar-refractivity contribution in [1.82, 2.24) is 0 Å². The summed E-state index contributed by atoms with van der Waals surface area (Å²) in [5.74, 6) is 0. The summed E-state index contributed by atoms with van der Waals surface area (Å²) in [6.45, 7) is 7.23. The molecule has 1 unspecified atom stereocenters. The van der Waals surface area contributed by atoms with Gasteiger partial charge in [-0.25, -0.2) is 0 Å². The topological polar surface area (TPSA) is 9.23 Å². The molecule has 1 atom stereocenters. The molecule has 0 amide bonds. The van der Waals surface area contributed by atoms with E-state index >= 15 is 0 Å². The maximum absolute atomic E-state index is 5.44. The number of unbranched alkanes of at least 4 members (excludes halogenated alkanes) is 2. The quantitative estimate of drug-likeness (QED) is 0.519. The van der Waals surface area contributed by atoms with E-state index in [-0.39, 0.29) is 0 Å². The Morgan fingerprint density at radius 1 is 1.40 bits per heavy atom. The summed E-state index contributed by atoms with van der Waals surface area (Å²) in [7, 11) is 0. The van der Waals surface area contributed by atoms with Crippen LogP contribution < -0.4 is 0 Å². The van der Waals surface area contributed by atoms with E-state index < -0.39 is 0 Å². The Kier molecular flexibility index (Phi) is 7.04. The molecule has 0 aliphatic carbocycles. The Labute approximate surface area is 64.8 Å². The molecule has 0 aromatic heterocycles. The zero-order valence-corrected chi connectivity index (χ0v) is 7.39. The van der Waals surface area contributed by atoms with Gasteiger partial charge in [-0.05, 0) is 19.8 Å². The average Bonchev–Trinajstić information content (AvgIpc) is 1.98. The molecule has 0 aliphatic rings. The first-order valence-corrected chi connectivity index (χ1v) is 4.22. The van der Waals surface area contributed by atoms with E-state index in [4.69, 9.17) is 4.74 Å². The second-order valence-electron chi connectivity index (χ2n) is 2.62. The molecular weight excluding hydrogens is 124 g/mol. The van der Waals surface area contributed by atoms with E-state index in [9.17, 15) is 0 Å². The largest absolute Gasteiger partial charge is 0.378 e. The molecule has 1 nitrogen and oxygen atoms in total. The van der Waals surface area contributed by atoms with Crippen LogP contribution in [0.1, 0.15) is 40.0 Å². The molecule has 0 rings (SSSR count). The van der Waals surface area contributed by atoms with Crippen LogP contribution in [-0.4, -0.2) is 12.7 Å². The molecule has 0 fully saturated rings. The van der Waals surface area contributed by atoms with Crippen molar-refractivity contribution in [2.45, 2.75) is 46.1 Å². The van der Waals surface area contributed by atoms with E-state index in [0.29, 0.717) is 6.10 Å². The third-order valence-corrected chi connectivity index (χ3v) is 1.60. The van der Waals surface area contributed by atoms with Crippen molar-refractivity contribution in [1.29, 1.82) is 0 Å². The van der Waals surface area contributed by atoms with Crippen LogP contribution >= 0.6 is 0 Å². The Morgan fingerprint density at radius 2 is 2.10 bits per heavy atom. The minimum Gasteiger partial charge on any atom is -0.378 e. The highest BCUT2D eigenvalue weighted by Crippen LogP contribution is 1.99. The molecule has 0 spiro atoms. The molecule has 0 aromatic carbocycles. The minimum absolute atomic E-state index is 0.330. The molecule has 0 heterocycles. The van der Waals surface area contributed by atoms with E-state index in [0.717, 1.165) is 6.61 Å². The van der Waals surface area contributed by atoms with Gasteiger partial charge < -0.3 is 4.74 Å². The number of ether oxygens (including phenoxy) is 1. The van der Waals surface area contributed by atoms with Crippen LogP contribution in [0.3, 0.4) is 0 Å². The third-order valence-electron chi connectivity index (χ3n) is 1.60. The van der Waals surface area contributed by atoms with Gasteiger partial charge >= 0.3 is 0 Å². The van der Waals surface area contributed by atoms with Gasteiger partial charge in [0.1, 0.15) is 0 Å². The van der Waals surface area contributed by atoms with Gasteiger partial charge in [-0.1, -0.05) is 26.7 Å². The molecule has 1 heteroatoms. The monoisotopic (exact) mass is 143 g/mol. The van der Waals surface area contributed by atoms with Gasteiger partial charge in [0.05, 0.1) is 6.10 Å². The summed E-state index contributed by atoms with van der Waals surface area (Å²) in [4.78, 5) is 0. The molecule has 1 radical (unpaired) electrons. The van der Waals surface area contributed by atoms with Gasteiger partial charge in [-0.3, -0.25) is 0 Å². The van der Waals surface area contributed by atoms with Crippen molar-refractivity contribution in [3.05, 3.63) is 6.42 Å². The van der Waals surface area contributed by atoms with Crippen molar-refractivity contribution in [2.24, 2.45) is 0 Å². The second-order valence-corrected chi connectivity index (χ2v) is 2.62. The van der Waals surface area contributed by atoms with Crippen molar-refractivity contribution in [3.8, 4) is 0 Å². The highest BCUT2D eigenvalue weighted by Gasteiger charge is 1.96. The van der Waals surface area contributed by atoms with Gasteiger partial charge in [0.15, 0.2) is 0 Å². The number of rotatable bonds is 6. The number of hydrogen-bond acceptors (Lipinski definition) is 1. The fourth-order valence-corrected chi connectivity index (χ4v) is 0.718. The van der Waals surface area contributed by atoms with Gasteiger partial charge in [0, 0.05) is 6.61 Å². The molecule has 10 heavy (non-hydrogen) atoms. The molecule has 0 saturated heterocycles. The van der Waals surface area contributed by atoms with Crippen LogP contribution in [0.15, 0.2) is 0 Å². The van der Waals surface area contributed by atoms with E-state index in [1.807, 2.05) is 6.92 Å². The van der Waals surface area contributed by atoms with Crippen molar-refractivity contribution in [3.63, 3.8) is 0 Å². The Bertz CT molecular complexity index is 61.7. The highest BCUT2D eigenvalue weighted by molar-refractivity contribution is 4.64. The smallest absolute Gasteiger partial charge is 0.0576 e. The zero-order valence-electron chi connectivity index (χ0n) is 7.39. The van der Waals surface area contributed by atoms with Crippen LogP contribution in [0.4, 0.5) is 0 Å². The summed E-state index contributed by atoms with van der Waals surface area (Å²) in [6, 6.07) is 0. The minimum atomic E-state index is 0.330. The Morgan fingerprint density at radius 3 is 2.60 bits per heavy atom. The van der Waals surface area contributed by atoms with Crippen LogP contribution in [0.2, 0.25) is 0 Å². The second kappa shape index (κ2) is 7.07. The highest BCUT2D eigenvalue weighted by atomic mass is 16.5. The van der Waals surface area contributed by atoms with Crippen molar-refractivity contribution < 1.29 is 4.74 Å². The van der Waals surface area contributed by atoms with Gasteiger partial charge in [-0.2, -0.15) is 0 Å². The van der Waals surface area contributed by atoms with Gasteiger partial charge in [0.2, 0.25) is 0 Å². The number of hydrogen-bond donors (Lipinski definition) is 0. The predicted molar refractivity (Wildman–Crippen MR) is 44.9 cm³/mol. The fourth-order valence-electron chi connectivity index (χ4n) is 0.718. The third kappa shape index (κ3) is 6.09. The normalized spacial score (nSPS) is 13.5. The van der Waals surface area contributed by atoms with Crippen molar-refractivity contribution in [2.75, 3.05) is 6.61 Å². The van der Waals surface area contributed by atoms with E-state index in [1.54, 1.807) is 0 Å². The van der Waals surface area contributed by atoms with Gasteiger partial charge in [-0.15, -0.1) is 0 Å². The molecular formula is C9H19O. The fraction of sp³-hybridized carbons (Fsp3) is 0.889. The Hall–Kier alpha value is -0.0400. The van der Waals surface area contributed by atoms with Gasteiger partial charge in [0.25, 0.3) is 0 Å². The maximum Gasteiger partial charge on any atom is 0.0576 e. The zero-order chi connectivity index (χ0) is 7.82. The summed E-state index contributed by atoms with van der Waals surface area (Å²) in [6.07, 6.45) is 6.17. The molecule has 0 N–H and O–H groups in total. The summed E-state index contributed by atoms with van der Waals surface area (Å²) < 4.78 is 5.44. The Balaban J connectivity index is 2.89. The molecule has 0 aromatic rings. The molecule has 61 valence electrons. The maximum atomic E-state index is 5.44. The van der Waals surface area contributed by atoms with Crippen LogP contribution in [0.5, 0.6) is 0 Å². The first kappa shape index (κ1) is 9.96. The standard InChI is InChI=1S/C9H19O/c1-4-6-7-8-10-9(3)5-2/h5,9H,4,6-8H2,1-3H3. The van der Waals surface area contributed by atoms with E-state index in [2.05, 4.69) is 20.3 Å². The molecule has 0 bridgehead atoms. The summed E-state index contributed by atoms with van der Waals surface area (Å²) >= 11 is 0. The van der Waals surface area contributed by atoms with Crippen molar-refractivity contribution >= 4 is 0 Å². The lowest BCUT2D eigenvalue weighted by molar-refractivity contribution is 0.0844. The molecule has 0 aliphatic heterocycles. The first-order chi connectivity index (χ1) is 4.81. The summed E-state index contributed by atoms with van der Waals surface area (Å²) in [5, 5.41) is 0. The predicted octanol–water partition coefficient (Wildman–Crippen LogP) is 2.81. The SMILES string of the molecule is C[CH]C(C)OCCCCC. The summed E-state index contributed by atoms with van der Waals surface area (Å²) in [5.41, 5.74) is 0.